The van der Waals surface area contributed by atoms with Crippen LogP contribution in [0.25, 0.3) is 22.4 Å². The summed E-state index contributed by atoms with van der Waals surface area (Å²) in [6, 6.07) is 13.3. The minimum absolute atomic E-state index is 0.0457. The lowest BCUT2D eigenvalue weighted by Crippen LogP contribution is -2.20. The van der Waals surface area contributed by atoms with E-state index in [0.29, 0.717) is 28.4 Å². The van der Waals surface area contributed by atoms with E-state index in [0.717, 1.165) is 11.1 Å². The smallest absolute Gasteiger partial charge is 0.180 e. The number of hydrogen-bond acceptors (Lipinski definition) is 6. The molecule has 0 saturated carbocycles. The fourth-order valence-electron chi connectivity index (χ4n) is 2.96. The van der Waals surface area contributed by atoms with Crippen LogP contribution in [0.2, 0.25) is 0 Å². The molecular formula is C22H18FN5O2S. The van der Waals surface area contributed by atoms with E-state index in [1.165, 1.54) is 25.4 Å². The maximum Gasteiger partial charge on any atom is 0.180 e. The van der Waals surface area contributed by atoms with Crippen LogP contribution < -0.4 is 15.4 Å². The van der Waals surface area contributed by atoms with Gasteiger partial charge in [0.05, 0.1) is 24.7 Å². The number of nitrogens with zero attached hydrogens (tertiary/aromatic N) is 3. The maximum absolute atomic E-state index is 13.9. The molecule has 0 fully saturated rings. The first-order chi connectivity index (χ1) is 14.9. The second kappa shape index (κ2) is 8.49. The van der Waals surface area contributed by atoms with Gasteiger partial charge in [-0.2, -0.15) is 0 Å². The molecule has 2 aromatic carbocycles. The summed E-state index contributed by atoms with van der Waals surface area (Å²) in [5, 5.41) is 15.7. The van der Waals surface area contributed by atoms with E-state index in [1.54, 1.807) is 30.3 Å². The zero-order valence-corrected chi connectivity index (χ0v) is 17.5. The molecule has 2 aromatic heterocycles. The van der Waals surface area contributed by atoms with Crippen LogP contribution in [0.4, 0.5) is 15.9 Å². The number of thiocarbonyl (C=S) groups is 1. The van der Waals surface area contributed by atoms with Crippen molar-refractivity contribution in [1.82, 2.24) is 15.0 Å². The standard InChI is InChI=1S/C22H18FN5O2S/c1-12-3-5-14(23)17(9-12)26-22(31)28-20-11-24-16-7-6-15(25-21(16)27-20)13-4-8-18(29)19(10-13)30-2/h3-11,29H,1-2H3,(H2,25,26,27,28,31). The third-order valence-electron chi connectivity index (χ3n) is 4.49. The van der Waals surface area contributed by atoms with Crippen LogP contribution in [0.15, 0.2) is 54.7 Å². The number of fused-ring (bicyclic) bond motifs is 1. The molecule has 9 heteroatoms. The molecule has 0 atom stereocenters. The van der Waals surface area contributed by atoms with E-state index < -0.39 is 5.82 Å². The highest BCUT2D eigenvalue weighted by Gasteiger charge is 2.10. The highest BCUT2D eigenvalue weighted by molar-refractivity contribution is 7.80. The Morgan fingerprint density at radius 3 is 2.71 bits per heavy atom. The number of hydrogen-bond donors (Lipinski definition) is 3. The van der Waals surface area contributed by atoms with Crippen molar-refractivity contribution in [3.05, 3.63) is 66.1 Å². The van der Waals surface area contributed by atoms with Crippen molar-refractivity contribution in [3.63, 3.8) is 0 Å². The van der Waals surface area contributed by atoms with Gasteiger partial charge in [-0.1, -0.05) is 6.07 Å². The molecule has 0 spiro atoms. The van der Waals surface area contributed by atoms with Gasteiger partial charge in [-0.05, 0) is 67.2 Å². The van der Waals surface area contributed by atoms with Gasteiger partial charge >= 0.3 is 0 Å². The van der Waals surface area contributed by atoms with Crippen LogP contribution in [0.1, 0.15) is 5.56 Å². The van der Waals surface area contributed by atoms with E-state index >= 15 is 0 Å². The Kier molecular flexibility index (Phi) is 5.59. The summed E-state index contributed by atoms with van der Waals surface area (Å²) < 4.78 is 19.1. The summed E-state index contributed by atoms with van der Waals surface area (Å²) in [5.41, 5.74) is 3.57. The summed E-state index contributed by atoms with van der Waals surface area (Å²) in [6.45, 7) is 1.86. The predicted octanol–water partition coefficient (Wildman–Crippen LogP) is 4.66. The lowest BCUT2D eigenvalue weighted by Gasteiger charge is -2.11. The number of nitrogens with one attached hydrogen (secondary N) is 2. The van der Waals surface area contributed by atoms with Crippen molar-refractivity contribution in [1.29, 1.82) is 0 Å². The van der Waals surface area contributed by atoms with Crippen molar-refractivity contribution in [2.24, 2.45) is 0 Å². The number of benzene rings is 2. The Hall–Kier alpha value is -3.85. The second-order valence-corrected chi connectivity index (χ2v) is 7.15. The molecule has 4 rings (SSSR count). The molecule has 0 saturated heterocycles. The van der Waals surface area contributed by atoms with Gasteiger partial charge in [0, 0.05) is 5.56 Å². The Labute approximate surface area is 183 Å². The molecular weight excluding hydrogens is 417 g/mol. The van der Waals surface area contributed by atoms with Crippen LogP contribution in [-0.4, -0.2) is 32.3 Å². The zero-order chi connectivity index (χ0) is 22.0. The molecule has 0 radical (unpaired) electrons. The highest BCUT2D eigenvalue weighted by atomic mass is 32.1. The van der Waals surface area contributed by atoms with Crippen LogP contribution in [0, 0.1) is 12.7 Å². The predicted molar refractivity (Wildman–Crippen MR) is 122 cm³/mol. The van der Waals surface area contributed by atoms with Gasteiger partial charge in [-0.25, -0.2) is 19.3 Å². The van der Waals surface area contributed by atoms with Crippen molar-refractivity contribution in [2.75, 3.05) is 17.7 Å². The number of methoxy groups -OCH3 is 1. The molecule has 0 amide bonds. The number of pyridine rings is 1. The largest absolute Gasteiger partial charge is 0.504 e. The van der Waals surface area contributed by atoms with Gasteiger partial charge in [-0.15, -0.1) is 0 Å². The van der Waals surface area contributed by atoms with Crippen molar-refractivity contribution < 1.29 is 14.2 Å². The zero-order valence-electron chi connectivity index (χ0n) is 16.7. The van der Waals surface area contributed by atoms with E-state index in [9.17, 15) is 9.50 Å². The number of halogens is 1. The number of aromatic nitrogens is 3. The van der Waals surface area contributed by atoms with Gasteiger partial charge < -0.3 is 20.5 Å². The Morgan fingerprint density at radius 2 is 1.90 bits per heavy atom. The second-order valence-electron chi connectivity index (χ2n) is 6.74. The minimum Gasteiger partial charge on any atom is -0.504 e. The van der Waals surface area contributed by atoms with Gasteiger partial charge in [-0.3, -0.25) is 0 Å². The normalized spacial score (nSPS) is 10.7. The van der Waals surface area contributed by atoms with Crippen LogP contribution in [-0.2, 0) is 0 Å². The Balaban J connectivity index is 1.58. The molecule has 7 nitrogen and oxygen atoms in total. The molecule has 156 valence electrons. The average Bonchev–Trinajstić information content (AvgIpc) is 2.76. The number of phenols is 1. The third-order valence-corrected chi connectivity index (χ3v) is 4.70. The third kappa shape index (κ3) is 4.51. The van der Waals surface area contributed by atoms with E-state index in [2.05, 4.69) is 25.6 Å². The first-order valence-electron chi connectivity index (χ1n) is 9.28. The molecule has 4 aromatic rings. The van der Waals surface area contributed by atoms with Crippen molar-refractivity contribution in [2.45, 2.75) is 6.92 Å². The Morgan fingerprint density at radius 1 is 1.06 bits per heavy atom. The van der Waals surface area contributed by atoms with Gasteiger partial charge in [0.1, 0.15) is 11.3 Å². The minimum atomic E-state index is -0.407. The van der Waals surface area contributed by atoms with Crippen molar-refractivity contribution in [3.8, 4) is 22.8 Å². The van der Waals surface area contributed by atoms with Crippen LogP contribution in [0.3, 0.4) is 0 Å². The summed E-state index contributed by atoms with van der Waals surface area (Å²) in [6.07, 6.45) is 1.52. The fraction of sp³-hybridized carbons (Fsp3) is 0.0909. The number of aryl methyl sites for hydroxylation is 1. The number of phenolic OH excluding ortho intramolecular Hbond substituents is 1. The van der Waals surface area contributed by atoms with Gasteiger partial charge in [0.25, 0.3) is 0 Å². The molecule has 0 unspecified atom stereocenters. The summed E-state index contributed by atoms with van der Waals surface area (Å²) in [5.74, 6) is 0.353. The number of ether oxygens (including phenoxy) is 1. The average molecular weight is 435 g/mol. The molecule has 0 aliphatic heterocycles. The lowest BCUT2D eigenvalue weighted by atomic mass is 10.1. The molecule has 0 aliphatic carbocycles. The highest BCUT2D eigenvalue weighted by Crippen LogP contribution is 2.31. The number of rotatable bonds is 4. The first-order valence-corrected chi connectivity index (χ1v) is 9.69. The topological polar surface area (TPSA) is 92.2 Å². The first kappa shape index (κ1) is 20.4. The van der Waals surface area contributed by atoms with E-state index in [-0.39, 0.29) is 16.5 Å². The van der Waals surface area contributed by atoms with Crippen LogP contribution in [0.5, 0.6) is 11.5 Å². The fourth-order valence-corrected chi connectivity index (χ4v) is 3.17. The summed E-state index contributed by atoms with van der Waals surface area (Å²) in [7, 11) is 1.48. The van der Waals surface area contributed by atoms with Gasteiger partial charge in [0.2, 0.25) is 0 Å². The van der Waals surface area contributed by atoms with Gasteiger partial charge in [0.15, 0.2) is 28.1 Å². The maximum atomic E-state index is 13.9. The van der Waals surface area contributed by atoms with Crippen molar-refractivity contribution >= 4 is 40.0 Å². The molecule has 0 bridgehead atoms. The Bertz CT molecular complexity index is 1300. The van der Waals surface area contributed by atoms with Crippen LogP contribution >= 0.6 is 12.2 Å². The summed E-state index contributed by atoms with van der Waals surface area (Å²) in [4.78, 5) is 13.4. The van der Waals surface area contributed by atoms with E-state index in [4.69, 9.17) is 17.0 Å². The lowest BCUT2D eigenvalue weighted by molar-refractivity contribution is 0.373. The molecule has 0 aliphatic rings. The number of aromatic hydroxyl groups is 1. The quantitative estimate of drug-likeness (QED) is 0.399. The SMILES string of the molecule is COc1cc(-c2ccc3ncc(NC(=S)Nc4cc(C)ccc4F)nc3n2)ccc1O. The number of anilines is 2. The molecule has 3 N–H and O–H groups in total. The monoisotopic (exact) mass is 435 g/mol. The molecule has 2 heterocycles. The summed E-state index contributed by atoms with van der Waals surface area (Å²) >= 11 is 5.27. The molecule has 31 heavy (non-hydrogen) atoms. The van der Waals surface area contributed by atoms with E-state index in [1.807, 2.05) is 13.0 Å².